The Balaban J connectivity index is 2.24. The van der Waals surface area contributed by atoms with Crippen LogP contribution in [0.3, 0.4) is 0 Å². The third-order valence-electron chi connectivity index (χ3n) is 2.62. The van der Waals surface area contributed by atoms with Crippen molar-refractivity contribution in [1.82, 2.24) is 0 Å². The maximum Gasteiger partial charge on any atom is 0.147 e. The van der Waals surface area contributed by atoms with Gasteiger partial charge in [-0.1, -0.05) is 0 Å². The second-order valence-electron chi connectivity index (χ2n) is 4.12. The van der Waals surface area contributed by atoms with E-state index in [0.29, 0.717) is 18.6 Å². The molecule has 4 heteroatoms. The summed E-state index contributed by atoms with van der Waals surface area (Å²) in [6, 6.07) is 4.37. The zero-order valence-electron chi connectivity index (χ0n) is 8.53. The maximum absolute atomic E-state index is 12.9. The molecular formula is C11H14FNO2. The normalized spacial score (nSPS) is 23.9. The van der Waals surface area contributed by atoms with Crippen molar-refractivity contribution >= 4 is 0 Å². The Labute approximate surface area is 87.7 Å². The highest BCUT2D eigenvalue weighted by Crippen LogP contribution is 2.30. The van der Waals surface area contributed by atoms with E-state index in [0.717, 1.165) is 5.56 Å². The van der Waals surface area contributed by atoms with Crippen LogP contribution in [0.5, 0.6) is 5.75 Å². The summed E-state index contributed by atoms with van der Waals surface area (Å²) in [7, 11) is 0. The van der Waals surface area contributed by atoms with E-state index < -0.39 is 11.8 Å². The Kier molecular flexibility index (Phi) is 2.40. The van der Waals surface area contributed by atoms with Crippen molar-refractivity contribution < 1.29 is 14.2 Å². The summed E-state index contributed by atoms with van der Waals surface area (Å²) >= 11 is 0. The molecule has 2 atom stereocenters. The first kappa shape index (κ1) is 10.4. The molecule has 0 bridgehead atoms. The highest BCUT2D eigenvalue weighted by atomic mass is 19.1. The molecule has 3 nitrogen and oxygen atoms in total. The van der Waals surface area contributed by atoms with Crippen LogP contribution in [0.1, 0.15) is 18.9 Å². The minimum Gasteiger partial charge on any atom is -0.486 e. The third-order valence-corrected chi connectivity index (χ3v) is 2.62. The average molecular weight is 211 g/mol. The largest absolute Gasteiger partial charge is 0.486 e. The van der Waals surface area contributed by atoms with E-state index >= 15 is 0 Å². The molecule has 1 aliphatic heterocycles. The molecule has 0 fully saturated rings. The second-order valence-corrected chi connectivity index (χ2v) is 4.12. The maximum atomic E-state index is 12.9. The fourth-order valence-electron chi connectivity index (χ4n) is 1.77. The summed E-state index contributed by atoms with van der Waals surface area (Å²) in [5, 5.41) is 9.60. The molecule has 0 aromatic heterocycles. The lowest BCUT2D eigenvalue weighted by Crippen LogP contribution is -2.52. The Hall–Kier alpha value is -1.13. The van der Waals surface area contributed by atoms with Crippen LogP contribution >= 0.6 is 0 Å². The summed E-state index contributed by atoms with van der Waals surface area (Å²) < 4.78 is 18.4. The predicted octanol–water partition coefficient (Wildman–Crippen LogP) is 1.19. The quantitative estimate of drug-likeness (QED) is 0.686. The summed E-state index contributed by atoms with van der Waals surface area (Å²) in [6.45, 7) is 1.51. The van der Waals surface area contributed by atoms with E-state index in [4.69, 9.17) is 10.5 Å². The second kappa shape index (κ2) is 3.47. The molecule has 1 aromatic carbocycles. The lowest BCUT2D eigenvalue weighted by molar-refractivity contribution is -0.0517. The van der Waals surface area contributed by atoms with Crippen LogP contribution in [-0.2, 0) is 6.42 Å². The van der Waals surface area contributed by atoms with Crippen LogP contribution in [0.4, 0.5) is 4.39 Å². The lowest BCUT2D eigenvalue weighted by Gasteiger charge is -2.33. The van der Waals surface area contributed by atoms with Gasteiger partial charge >= 0.3 is 0 Å². The van der Waals surface area contributed by atoms with Crippen molar-refractivity contribution in [3.8, 4) is 5.75 Å². The topological polar surface area (TPSA) is 55.5 Å². The molecule has 3 N–H and O–H groups in total. The van der Waals surface area contributed by atoms with Crippen LogP contribution in [0, 0.1) is 5.82 Å². The van der Waals surface area contributed by atoms with Crippen molar-refractivity contribution in [2.24, 2.45) is 5.73 Å². The van der Waals surface area contributed by atoms with E-state index in [1.165, 1.54) is 19.1 Å². The number of aliphatic hydroxyl groups is 1. The summed E-state index contributed by atoms with van der Waals surface area (Å²) in [4.78, 5) is 0. The molecule has 15 heavy (non-hydrogen) atoms. The van der Waals surface area contributed by atoms with Crippen molar-refractivity contribution in [1.29, 1.82) is 0 Å². The third kappa shape index (κ3) is 2.11. The van der Waals surface area contributed by atoms with Gasteiger partial charge in [-0.15, -0.1) is 0 Å². The summed E-state index contributed by atoms with van der Waals surface area (Å²) in [5.74, 6) is 0.341. The first-order chi connectivity index (χ1) is 6.97. The van der Waals surface area contributed by atoms with Crippen LogP contribution in [0.15, 0.2) is 18.2 Å². The van der Waals surface area contributed by atoms with Gasteiger partial charge in [0.2, 0.25) is 0 Å². The van der Waals surface area contributed by atoms with Gasteiger partial charge in [-0.05, 0) is 43.5 Å². The highest BCUT2D eigenvalue weighted by molar-refractivity contribution is 5.36. The number of aryl methyl sites for hydroxylation is 1. The number of halogens is 1. The van der Waals surface area contributed by atoms with Gasteiger partial charge < -0.3 is 15.6 Å². The predicted molar refractivity (Wildman–Crippen MR) is 53.9 cm³/mol. The molecule has 1 heterocycles. The average Bonchev–Trinajstić information content (AvgIpc) is 2.15. The first-order valence-electron chi connectivity index (χ1n) is 4.93. The molecule has 0 saturated heterocycles. The number of hydrogen-bond acceptors (Lipinski definition) is 3. The molecule has 0 saturated carbocycles. The smallest absolute Gasteiger partial charge is 0.147 e. The zero-order chi connectivity index (χ0) is 11.1. The van der Waals surface area contributed by atoms with Gasteiger partial charge in [-0.3, -0.25) is 0 Å². The van der Waals surface area contributed by atoms with E-state index in [1.54, 1.807) is 6.07 Å². The fraction of sp³-hybridized carbons (Fsp3) is 0.455. The van der Waals surface area contributed by atoms with Gasteiger partial charge in [0, 0.05) is 0 Å². The van der Waals surface area contributed by atoms with E-state index in [2.05, 4.69) is 0 Å². The number of rotatable bonds is 1. The number of ether oxygens (including phenoxy) is 1. The number of nitrogens with two attached hydrogens (primary N) is 1. The molecular weight excluding hydrogens is 197 g/mol. The van der Waals surface area contributed by atoms with Crippen molar-refractivity contribution in [2.45, 2.75) is 31.6 Å². The SMILES string of the molecule is CC(N)(O)C1CCc2cc(F)ccc2O1. The lowest BCUT2D eigenvalue weighted by atomic mass is 9.97. The minimum atomic E-state index is -1.36. The van der Waals surface area contributed by atoms with Crippen molar-refractivity contribution in [2.75, 3.05) is 0 Å². The monoisotopic (exact) mass is 211 g/mol. The van der Waals surface area contributed by atoms with Crippen molar-refractivity contribution in [3.05, 3.63) is 29.6 Å². The first-order valence-corrected chi connectivity index (χ1v) is 4.93. The molecule has 0 radical (unpaired) electrons. The van der Waals surface area contributed by atoms with E-state index in [1.807, 2.05) is 0 Å². The van der Waals surface area contributed by atoms with Crippen molar-refractivity contribution in [3.63, 3.8) is 0 Å². The van der Waals surface area contributed by atoms with Gasteiger partial charge in [0.15, 0.2) is 0 Å². The number of fused-ring (bicyclic) bond motifs is 1. The Morgan fingerprint density at radius 1 is 1.60 bits per heavy atom. The van der Waals surface area contributed by atoms with Gasteiger partial charge in [0.1, 0.15) is 23.4 Å². The Morgan fingerprint density at radius 2 is 2.33 bits per heavy atom. The zero-order valence-corrected chi connectivity index (χ0v) is 8.53. The van der Waals surface area contributed by atoms with Crippen LogP contribution in [0.25, 0.3) is 0 Å². The summed E-state index contributed by atoms with van der Waals surface area (Å²) in [5.41, 5.74) is 5.03. The molecule has 0 amide bonds. The molecule has 0 spiro atoms. The van der Waals surface area contributed by atoms with Crippen LogP contribution in [-0.4, -0.2) is 16.9 Å². The standard InChI is InChI=1S/C11H14FNO2/c1-11(13,14)10-5-2-7-6-8(12)3-4-9(7)15-10/h3-4,6,10,14H,2,5,13H2,1H3. The molecule has 82 valence electrons. The van der Waals surface area contributed by atoms with Gasteiger partial charge in [0.05, 0.1) is 0 Å². The number of hydrogen-bond donors (Lipinski definition) is 2. The van der Waals surface area contributed by atoms with Gasteiger partial charge in [0.25, 0.3) is 0 Å². The van der Waals surface area contributed by atoms with Gasteiger partial charge in [-0.2, -0.15) is 0 Å². The molecule has 2 rings (SSSR count). The van der Waals surface area contributed by atoms with E-state index in [9.17, 15) is 9.50 Å². The van der Waals surface area contributed by atoms with E-state index in [-0.39, 0.29) is 5.82 Å². The minimum absolute atomic E-state index is 0.268. The molecule has 2 unspecified atom stereocenters. The molecule has 1 aliphatic rings. The van der Waals surface area contributed by atoms with Crippen LogP contribution < -0.4 is 10.5 Å². The Bertz CT molecular complexity index is 373. The summed E-state index contributed by atoms with van der Waals surface area (Å²) in [6.07, 6.45) is 0.834. The highest BCUT2D eigenvalue weighted by Gasteiger charge is 2.32. The Morgan fingerprint density at radius 3 is 3.00 bits per heavy atom. The fourth-order valence-corrected chi connectivity index (χ4v) is 1.77. The number of benzene rings is 1. The molecule has 1 aromatic rings. The van der Waals surface area contributed by atoms with Gasteiger partial charge in [-0.25, -0.2) is 4.39 Å². The van der Waals surface area contributed by atoms with Crippen LogP contribution in [0.2, 0.25) is 0 Å². The molecule has 0 aliphatic carbocycles.